The highest BCUT2D eigenvalue weighted by Gasteiger charge is 2.23. The molecule has 0 saturated carbocycles. The van der Waals surface area contributed by atoms with E-state index in [0.717, 1.165) is 17.6 Å². The smallest absolute Gasteiger partial charge is 0.0592 e. The van der Waals surface area contributed by atoms with E-state index < -0.39 is 0 Å². The standard InChI is InChI=1S/C11H15BrN2S/c1-8-6-14(7-9(2)15-8)11-3-4-13-5-10(11)12/h3-5,8-9H,6-7H2,1-2H3. The predicted molar refractivity (Wildman–Crippen MR) is 70.7 cm³/mol. The molecular formula is C11H15BrN2S. The summed E-state index contributed by atoms with van der Waals surface area (Å²) in [6.07, 6.45) is 3.73. The molecule has 2 heterocycles. The van der Waals surface area contributed by atoms with Gasteiger partial charge in [-0.05, 0) is 22.0 Å². The van der Waals surface area contributed by atoms with Crippen LogP contribution < -0.4 is 4.90 Å². The van der Waals surface area contributed by atoms with Gasteiger partial charge in [0.1, 0.15) is 0 Å². The lowest BCUT2D eigenvalue weighted by Crippen LogP contribution is -2.40. The molecule has 0 radical (unpaired) electrons. The summed E-state index contributed by atoms with van der Waals surface area (Å²) in [4.78, 5) is 6.54. The molecule has 1 aromatic heterocycles. The highest BCUT2D eigenvalue weighted by atomic mass is 79.9. The van der Waals surface area contributed by atoms with Crippen molar-refractivity contribution in [2.24, 2.45) is 0 Å². The Morgan fingerprint density at radius 2 is 2.07 bits per heavy atom. The molecule has 82 valence electrons. The second-order valence-corrected chi connectivity index (χ2v) is 6.73. The Balaban J connectivity index is 2.20. The summed E-state index contributed by atoms with van der Waals surface area (Å²) in [5, 5.41) is 1.41. The monoisotopic (exact) mass is 286 g/mol. The Labute approximate surface area is 104 Å². The van der Waals surface area contributed by atoms with Gasteiger partial charge in [-0.15, -0.1) is 0 Å². The predicted octanol–water partition coefficient (Wildman–Crippen LogP) is 3.17. The number of hydrogen-bond donors (Lipinski definition) is 0. The summed E-state index contributed by atoms with van der Waals surface area (Å²) in [5.41, 5.74) is 1.27. The molecule has 2 nitrogen and oxygen atoms in total. The van der Waals surface area contributed by atoms with E-state index in [0.29, 0.717) is 10.5 Å². The number of rotatable bonds is 1. The molecule has 1 aliphatic heterocycles. The third-order valence-electron chi connectivity index (χ3n) is 2.51. The van der Waals surface area contributed by atoms with Gasteiger partial charge < -0.3 is 4.90 Å². The van der Waals surface area contributed by atoms with E-state index in [9.17, 15) is 0 Å². The maximum atomic E-state index is 4.10. The zero-order valence-electron chi connectivity index (χ0n) is 8.98. The Kier molecular flexibility index (Phi) is 3.57. The van der Waals surface area contributed by atoms with Crippen LogP contribution in [-0.4, -0.2) is 28.6 Å². The van der Waals surface area contributed by atoms with Crippen molar-refractivity contribution >= 4 is 33.4 Å². The molecule has 0 bridgehead atoms. The van der Waals surface area contributed by atoms with E-state index in [4.69, 9.17) is 0 Å². The summed E-state index contributed by atoms with van der Waals surface area (Å²) < 4.78 is 1.09. The van der Waals surface area contributed by atoms with Crippen molar-refractivity contribution in [3.05, 3.63) is 22.9 Å². The molecule has 1 fully saturated rings. The molecule has 1 aliphatic rings. The molecule has 1 aromatic rings. The lowest BCUT2D eigenvalue weighted by atomic mass is 10.3. The van der Waals surface area contributed by atoms with Gasteiger partial charge in [-0.2, -0.15) is 11.8 Å². The van der Waals surface area contributed by atoms with E-state index >= 15 is 0 Å². The zero-order chi connectivity index (χ0) is 10.8. The molecule has 0 spiro atoms. The summed E-state index contributed by atoms with van der Waals surface area (Å²) in [6, 6.07) is 2.08. The maximum absolute atomic E-state index is 4.10. The topological polar surface area (TPSA) is 16.1 Å². The van der Waals surface area contributed by atoms with Crippen LogP contribution >= 0.6 is 27.7 Å². The van der Waals surface area contributed by atoms with Gasteiger partial charge in [0.25, 0.3) is 0 Å². The first kappa shape index (κ1) is 11.3. The molecule has 0 aromatic carbocycles. The second-order valence-electron chi connectivity index (χ2n) is 3.99. The average Bonchev–Trinajstić information content (AvgIpc) is 2.16. The van der Waals surface area contributed by atoms with Crippen molar-refractivity contribution < 1.29 is 0 Å². The quantitative estimate of drug-likeness (QED) is 0.789. The van der Waals surface area contributed by atoms with Gasteiger partial charge in [0, 0.05) is 36.0 Å². The van der Waals surface area contributed by atoms with Gasteiger partial charge in [0.15, 0.2) is 0 Å². The lowest BCUT2D eigenvalue weighted by Gasteiger charge is -2.36. The summed E-state index contributed by atoms with van der Waals surface area (Å²) in [5.74, 6) is 0. The molecule has 2 atom stereocenters. The Morgan fingerprint density at radius 3 is 2.67 bits per heavy atom. The summed E-state index contributed by atoms with van der Waals surface area (Å²) in [6.45, 7) is 6.83. The van der Waals surface area contributed by atoms with Crippen LogP contribution in [0.3, 0.4) is 0 Å². The van der Waals surface area contributed by atoms with Gasteiger partial charge in [-0.1, -0.05) is 13.8 Å². The minimum absolute atomic E-state index is 0.703. The fraction of sp³-hybridized carbons (Fsp3) is 0.545. The molecule has 0 aliphatic carbocycles. The van der Waals surface area contributed by atoms with E-state index in [1.165, 1.54) is 5.69 Å². The van der Waals surface area contributed by atoms with Crippen LogP contribution in [0.2, 0.25) is 0 Å². The number of anilines is 1. The fourth-order valence-corrected chi connectivity index (χ4v) is 3.83. The highest BCUT2D eigenvalue weighted by Crippen LogP contribution is 2.31. The van der Waals surface area contributed by atoms with Gasteiger partial charge >= 0.3 is 0 Å². The van der Waals surface area contributed by atoms with Crippen molar-refractivity contribution in [2.75, 3.05) is 18.0 Å². The number of thioether (sulfide) groups is 1. The number of pyridine rings is 1. The van der Waals surface area contributed by atoms with Gasteiger partial charge in [-0.3, -0.25) is 4.98 Å². The molecule has 0 N–H and O–H groups in total. The number of halogens is 1. The fourth-order valence-electron chi connectivity index (χ4n) is 2.00. The van der Waals surface area contributed by atoms with Crippen LogP contribution in [0.15, 0.2) is 22.9 Å². The first-order valence-electron chi connectivity index (χ1n) is 5.16. The first-order valence-corrected chi connectivity index (χ1v) is 6.90. The molecule has 2 unspecified atom stereocenters. The van der Waals surface area contributed by atoms with Crippen LogP contribution in [-0.2, 0) is 0 Å². The van der Waals surface area contributed by atoms with Crippen molar-refractivity contribution in [1.29, 1.82) is 0 Å². The van der Waals surface area contributed by atoms with Crippen molar-refractivity contribution in [2.45, 2.75) is 24.3 Å². The SMILES string of the molecule is CC1CN(c2ccncc2Br)CC(C)S1. The molecular weight excluding hydrogens is 272 g/mol. The van der Waals surface area contributed by atoms with Crippen molar-refractivity contribution in [1.82, 2.24) is 4.98 Å². The van der Waals surface area contributed by atoms with E-state index in [-0.39, 0.29) is 0 Å². The van der Waals surface area contributed by atoms with Gasteiger partial charge in [0.05, 0.1) is 10.2 Å². The summed E-state index contributed by atoms with van der Waals surface area (Å²) >= 11 is 5.63. The second kappa shape index (κ2) is 4.74. The van der Waals surface area contributed by atoms with Crippen molar-refractivity contribution in [3.8, 4) is 0 Å². The van der Waals surface area contributed by atoms with Crippen LogP contribution in [0.1, 0.15) is 13.8 Å². The Hall–Kier alpha value is -0.220. The third kappa shape index (κ3) is 2.67. The minimum atomic E-state index is 0.703. The Bertz CT molecular complexity index is 335. The number of aromatic nitrogens is 1. The summed E-state index contributed by atoms with van der Waals surface area (Å²) in [7, 11) is 0. The first-order chi connectivity index (χ1) is 7.16. The largest absolute Gasteiger partial charge is 0.368 e. The maximum Gasteiger partial charge on any atom is 0.0592 e. The minimum Gasteiger partial charge on any atom is -0.368 e. The zero-order valence-corrected chi connectivity index (χ0v) is 11.4. The van der Waals surface area contributed by atoms with Crippen molar-refractivity contribution in [3.63, 3.8) is 0 Å². The molecule has 15 heavy (non-hydrogen) atoms. The lowest BCUT2D eigenvalue weighted by molar-refractivity contribution is 0.726. The molecule has 4 heteroatoms. The average molecular weight is 287 g/mol. The molecule has 0 amide bonds. The number of nitrogens with zero attached hydrogens (tertiary/aromatic N) is 2. The van der Waals surface area contributed by atoms with Crippen LogP contribution in [0.4, 0.5) is 5.69 Å². The van der Waals surface area contributed by atoms with E-state index in [2.05, 4.69) is 57.5 Å². The van der Waals surface area contributed by atoms with E-state index in [1.807, 2.05) is 12.4 Å². The van der Waals surface area contributed by atoms with Gasteiger partial charge in [-0.25, -0.2) is 0 Å². The van der Waals surface area contributed by atoms with Gasteiger partial charge in [0.2, 0.25) is 0 Å². The third-order valence-corrected chi connectivity index (χ3v) is 4.35. The highest BCUT2D eigenvalue weighted by molar-refractivity contribution is 9.10. The number of hydrogen-bond acceptors (Lipinski definition) is 3. The normalized spacial score (nSPS) is 26.7. The van der Waals surface area contributed by atoms with E-state index in [1.54, 1.807) is 0 Å². The Morgan fingerprint density at radius 1 is 1.40 bits per heavy atom. The molecule has 1 saturated heterocycles. The van der Waals surface area contributed by atoms with Crippen LogP contribution in [0.5, 0.6) is 0 Å². The molecule has 2 rings (SSSR count). The van der Waals surface area contributed by atoms with Crippen LogP contribution in [0, 0.1) is 0 Å². The van der Waals surface area contributed by atoms with Crippen LogP contribution in [0.25, 0.3) is 0 Å².